The quantitative estimate of drug-likeness (QED) is 0.870. The maximum atomic E-state index is 13.0. The molecule has 1 amide bonds. The van der Waals surface area contributed by atoms with Gasteiger partial charge in [-0.25, -0.2) is 17.7 Å². The highest BCUT2D eigenvalue weighted by molar-refractivity contribution is 7.89. The minimum Gasteiger partial charge on any atom is -0.369 e. The number of carbonyl (C=O) groups excluding carboxylic acids is 1. The number of amides is 1. The van der Waals surface area contributed by atoms with Crippen molar-refractivity contribution in [3.05, 3.63) is 60.2 Å². The van der Waals surface area contributed by atoms with E-state index in [2.05, 4.69) is 4.99 Å². The van der Waals surface area contributed by atoms with E-state index in [0.717, 1.165) is 16.3 Å². The molecule has 7 nitrogen and oxygen atoms in total. The number of anilines is 1. The van der Waals surface area contributed by atoms with E-state index in [-0.39, 0.29) is 29.3 Å². The molecule has 0 spiro atoms. The summed E-state index contributed by atoms with van der Waals surface area (Å²) in [7, 11) is -3.81. The Morgan fingerprint density at radius 2 is 1.74 bits per heavy atom. The summed E-state index contributed by atoms with van der Waals surface area (Å²) >= 11 is 0. The molecule has 2 aliphatic heterocycles. The van der Waals surface area contributed by atoms with Crippen molar-refractivity contribution in [1.82, 2.24) is 4.31 Å². The lowest BCUT2D eigenvalue weighted by atomic mass is 10.1. The largest absolute Gasteiger partial charge is 0.369 e. The van der Waals surface area contributed by atoms with Crippen LogP contribution in [0.1, 0.15) is 24.4 Å². The third kappa shape index (κ3) is 3.16. The molecule has 0 unspecified atom stereocenters. The van der Waals surface area contributed by atoms with Gasteiger partial charge >= 0.3 is 0 Å². The Balaban J connectivity index is 1.57. The Hall–Kier alpha value is -2.87. The Morgan fingerprint density at radius 1 is 1.04 bits per heavy atom. The lowest BCUT2D eigenvalue weighted by molar-refractivity contribution is -0.117. The molecule has 0 bridgehead atoms. The highest BCUT2D eigenvalue weighted by Gasteiger charge is 2.34. The fourth-order valence-electron chi connectivity index (χ4n) is 3.44. The van der Waals surface area contributed by atoms with Gasteiger partial charge in [-0.15, -0.1) is 0 Å². The molecule has 4 rings (SSSR count). The SMILES string of the molecule is NC1=N[C@@H](c2ccccc2)CN1S(=O)(=O)c1ccc(N2CCCC2=O)cc1. The Labute approximate surface area is 158 Å². The maximum Gasteiger partial charge on any atom is 0.266 e. The van der Waals surface area contributed by atoms with Gasteiger partial charge in [0, 0.05) is 18.7 Å². The first-order valence-electron chi connectivity index (χ1n) is 8.78. The number of carbonyl (C=O) groups is 1. The molecule has 0 aromatic heterocycles. The van der Waals surface area contributed by atoms with E-state index < -0.39 is 10.0 Å². The monoisotopic (exact) mass is 384 g/mol. The van der Waals surface area contributed by atoms with Gasteiger partial charge in [-0.05, 0) is 36.2 Å². The Kier molecular flexibility index (Phi) is 4.35. The van der Waals surface area contributed by atoms with Crippen molar-refractivity contribution in [3.63, 3.8) is 0 Å². The average molecular weight is 384 g/mol. The molecule has 2 N–H and O–H groups in total. The first-order valence-corrected chi connectivity index (χ1v) is 10.2. The molecule has 2 aromatic rings. The molecule has 0 saturated carbocycles. The van der Waals surface area contributed by atoms with Crippen LogP contribution in [0.15, 0.2) is 64.5 Å². The zero-order valence-corrected chi connectivity index (χ0v) is 15.5. The van der Waals surface area contributed by atoms with Crippen LogP contribution in [0.3, 0.4) is 0 Å². The van der Waals surface area contributed by atoms with Crippen molar-refractivity contribution in [1.29, 1.82) is 0 Å². The van der Waals surface area contributed by atoms with Crippen LogP contribution in [-0.4, -0.2) is 37.7 Å². The number of guanidine groups is 1. The molecule has 140 valence electrons. The van der Waals surface area contributed by atoms with Gasteiger partial charge in [0.25, 0.3) is 10.0 Å². The molecule has 1 fully saturated rings. The molecule has 2 heterocycles. The number of rotatable bonds is 4. The fraction of sp³-hybridized carbons (Fsp3) is 0.263. The van der Waals surface area contributed by atoms with Crippen LogP contribution >= 0.6 is 0 Å². The van der Waals surface area contributed by atoms with Crippen molar-refractivity contribution in [2.75, 3.05) is 18.0 Å². The van der Waals surface area contributed by atoms with Gasteiger partial charge in [0.05, 0.1) is 17.5 Å². The van der Waals surface area contributed by atoms with Crippen LogP contribution in [-0.2, 0) is 14.8 Å². The average Bonchev–Trinajstić information content (AvgIpc) is 3.28. The van der Waals surface area contributed by atoms with Crippen LogP contribution < -0.4 is 10.6 Å². The van der Waals surface area contributed by atoms with Crippen molar-refractivity contribution < 1.29 is 13.2 Å². The van der Waals surface area contributed by atoms with Crippen molar-refractivity contribution in [3.8, 4) is 0 Å². The summed E-state index contributed by atoms with van der Waals surface area (Å²) in [4.78, 5) is 18.0. The van der Waals surface area contributed by atoms with Gasteiger partial charge < -0.3 is 10.6 Å². The first kappa shape index (κ1) is 17.5. The van der Waals surface area contributed by atoms with Gasteiger partial charge in [0.2, 0.25) is 11.9 Å². The zero-order chi connectivity index (χ0) is 19.0. The summed E-state index contributed by atoms with van der Waals surface area (Å²) < 4.78 is 27.1. The number of nitrogens with zero attached hydrogens (tertiary/aromatic N) is 3. The second-order valence-electron chi connectivity index (χ2n) is 6.59. The number of aliphatic imine (C=N–C) groups is 1. The van der Waals surface area contributed by atoms with Gasteiger partial charge in [0.15, 0.2) is 0 Å². The summed E-state index contributed by atoms with van der Waals surface area (Å²) in [6.45, 7) is 0.833. The van der Waals surface area contributed by atoms with E-state index in [9.17, 15) is 13.2 Å². The van der Waals surface area contributed by atoms with Gasteiger partial charge in [0.1, 0.15) is 0 Å². The van der Waals surface area contributed by atoms with Crippen molar-refractivity contribution in [2.24, 2.45) is 10.7 Å². The summed E-state index contributed by atoms with van der Waals surface area (Å²) in [6, 6.07) is 15.5. The molecule has 1 saturated heterocycles. The number of hydrogen-bond acceptors (Lipinski definition) is 5. The third-order valence-electron chi connectivity index (χ3n) is 4.88. The van der Waals surface area contributed by atoms with Crippen LogP contribution in [0.4, 0.5) is 5.69 Å². The summed E-state index contributed by atoms with van der Waals surface area (Å²) in [6.07, 6.45) is 1.35. The lowest BCUT2D eigenvalue weighted by Gasteiger charge is -2.20. The predicted molar refractivity (Wildman–Crippen MR) is 103 cm³/mol. The summed E-state index contributed by atoms with van der Waals surface area (Å²) in [5.74, 6) is 0.0508. The van der Waals surface area contributed by atoms with Gasteiger partial charge in [-0.2, -0.15) is 0 Å². The molecule has 0 aliphatic carbocycles. The number of sulfonamides is 1. The molecule has 2 aromatic carbocycles. The molecule has 27 heavy (non-hydrogen) atoms. The van der Waals surface area contributed by atoms with E-state index in [1.54, 1.807) is 17.0 Å². The van der Waals surface area contributed by atoms with Gasteiger partial charge in [-0.1, -0.05) is 30.3 Å². The molecule has 0 radical (unpaired) electrons. The smallest absolute Gasteiger partial charge is 0.266 e. The van der Waals surface area contributed by atoms with Crippen LogP contribution in [0.5, 0.6) is 0 Å². The normalized spacial score (nSPS) is 20.2. The van der Waals surface area contributed by atoms with Gasteiger partial charge in [-0.3, -0.25) is 4.79 Å². The van der Waals surface area contributed by atoms with E-state index in [0.29, 0.717) is 18.7 Å². The predicted octanol–water partition coefficient (Wildman–Crippen LogP) is 1.87. The van der Waals surface area contributed by atoms with Crippen LogP contribution in [0, 0.1) is 0 Å². The van der Waals surface area contributed by atoms with E-state index in [1.165, 1.54) is 12.1 Å². The summed E-state index contributed by atoms with van der Waals surface area (Å²) in [5, 5.41) is 0. The number of nitrogens with two attached hydrogens (primary N) is 1. The summed E-state index contributed by atoms with van der Waals surface area (Å²) in [5.41, 5.74) is 7.55. The molecule has 2 aliphatic rings. The van der Waals surface area contributed by atoms with E-state index in [4.69, 9.17) is 5.73 Å². The number of benzene rings is 2. The molecule has 8 heteroatoms. The standard InChI is InChI=1S/C19H20N4O3S/c20-19-21-17(14-5-2-1-3-6-14)13-23(19)27(25,26)16-10-8-15(9-11-16)22-12-4-7-18(22)24/h1-3,5-6,8-11,17H,4,7,12-13H2,(H2,20,21)/t17-/m1/s1. The second kappa shape index (κ2) is 6.70. The van der Waals surface area contributed by atoms with Crippen LogP contribution in [0.2, 0.25) is 0 Å². The first-order chi connectivity index (χ1) is 13.0. The minimum absolute atomic E-state index is 0.0114. The highest BCUT2D eigenvalue weighted by Crippen LogP contribution is 2.29. The highest BCUT2D eigenvalue weighted by atomic mass is 32.2. The molecular formula is C19H20N4O3S. The maximum absolute atomic E-state index is 13.0. The van der Waals surface area contributed by atoms with E-state index in [1.807, 2.05) is 30.3 Å². The topological polar surface area (TPSA) is 96.1 Å². The molecule has 1 atom stereocenters. The number of hydrogen-bond donors (Lipinski definition) is 1. The fourth-order valence-corrected chi connectivity index (χ4v) is 4.80. The lowest BCUT2D eigenvalue weighted by Crippen LogP contribution is -2.39. The molecular weight excluding hydrogens is 364 g/mol. The van der Waals surface area contributed by atoms with Crippen molar-refractivity contribution >= 4 is 27.6 Å². The minimum atomic E-state index is -3.81. The third-order valence-corrected chi connectivity index (χ3v) is 6.66. The Bertz CT molecular complexity index is 987. The van der Waals surface area contributed by atoms with Crippen LogP contribution in [0.25, 0.3) is 0 Å². The second-order valence-corrected chi connectivity index (χ2v) is 8.46. The zero-order valence-electron chi connectivity index (χ0n) is 14.7. The van der Waals surface area contributed by atoms with E-state index >= 15 is 0 Å². The van der Waals surface area contributed by atoms with Crippen molar-refractivity contribution in [2.45, 2.75) is 23.8 Å². The Morgan fingerprint density at radius 3 is 2.37 bits per heavy atom.